The molecule has 3 atom stereocenters. The van der Waals surface area contributed by atoms with Crippen LogP contribution in [0.25, 0.3) is 11.3 Å². The molecule has 3 heterocycles. The molecule has 2 aromatic rings. The molecule has 1 aromatic carbocycles. The number of quaternary nitrogens is 1. The highest BCUT2D eigenvalue weighted by molar-refractivity contribution is 5.70. The largest absolute Gasteiger partial charge is 0.573 e. The summed E-state index contributed by atoms with van der Waals surface area (Å²) >= 11 is 0. The SMILES string of the molecule is FC(F)(F)Oc1ccccc1-c1noc(C2CC2)c1CO[C@@H]1CC[NH+]2C[C@@H]2C1. The van der Waals surface area contributed by atoms with E-state index in [9.17, 15) is 13.2 Å². The van der Waals surface area contributed by atoms with Gasteiger partial charge in [0.05, 0.1) is 19.3 Å². The van der Waals surface area contributed by atoms with Gasteiger partial charge in [0, 0.05) is 29.9 Å². The highest BCUT2D eigenvalue weighted by Gasteiger charge is 2.46. The number of nitrogens with one attached hydrogen (secondary N) is 1. The van der Waals surface area contributed by atoms with E-state index in [4.69, 9.17) is 9.26 Å². The van der Waals surface area contributed by atoms with Crippen molar-refractivity contribution in [2.45, 2.75) is 56.7 Å². The maximum atomic E-state index is 12.8. The molecule has 1 N–H and O–H groups in total. The van der Waals surface area contributed by atoms with Gasteiger partial charge in [0.15, 0.2) is 0 Å². The monoisotopic (exact) mass is 395 g/mol. The van der Waals surface area contributed by atoms with Crippen molar-refractivity contribution in [3.63, 3.8) is 0 Å². The third-order valence-corrected chi connectivity index (χ3v) is 5.86. The lowest BCUT2D eigenvalue weighted by molar-refractivity contribution is -0.781. The summed E-state index contributed by atoms with van der Waals surface area (Å²) in [6.45, 7) is 2.66. The molecule has 0 radical (unpaired) electrons. The summed E-state index contributed by atoms with van der Waals surface area (Å²) in [6, 6.07) is 6.76. The number of alkyl halides is 3. The molecule has 3 fully saturated rings. The molecule has 3 aliphatic rings. The van der Waals surface area contributed by atoms with Gasteiger partial charge in [0.1, 0.15) is 29.8 Å². The van der Waals surface area contributed by atoms with Gasteiger partial charge in [0.2, 0.25) is 0 Å². The highest BCUT2D eigenvalue weighted by Crippen LogP contribution is 2.45. The minimum atomic E-state index is -4.77. The molecular weight excluding hydrogens is 373 g/mol. The van der Waals surface area contributed by atoms with Gasteiger partial charge in [-0.3, -0.25) is 0 Å². The summed E-state index contributed by atoms with van der Waals surface area (Å²) < 4.78 is 54.4. The molecule has 5 nitrogen and oxygen atoms in total. The summed E-state index contributed by atoms with van der Waals surface area (Å²) in [4.78, 5) is 1.66. The Hall–Kier alpha value is -2.06. The third kappa shape index (κ3) is 3.75. The van der Waals surface area contributed by atoms with E-state index in [1.807, 2.05) is 0 Å². The van der Waals surface area contributed by atoms with E-state index in [0.717, 1.165) is 43.6 Å². The number of fused-ring (bicyclic) bond motifs is 1. The number of hydrogen-bond donors (Lipinski definition) is 1. The van der Waals surface area contributed by atoms with Crippen LogP contribution in [0.1, 0.15) is 42.9 Å². The zero-order valence-corrected chi connectivity index (χ0v) is 15.3. The van der Waals surface area contributed by atoms with Crippen LogP contribution in [0.4, 0.5) is 13.2 Å². The minimum Gasteiger partial charge on any atom is -0.405 e. The number of halogens is 3. The van der Waals surface area contributed by atoms with Crippen LogP contribution in [-0.2, 0) is 11.3 Å². The normalized spacial score (nSPS) is 26.8. The van der Waals surface area contributed by atoms with Crippen LogP contribution in [0.5, 0.6) is 5.75 Å². The van der Waals surface area contributed by atoms with E-state index < -0.39 is 6.36 Å². The van der Waals surface area contributed by atoms with E-state index in [1.165, 1.54) is 18.7 Å². The number of benzene rings is 1. The fourth-order valence-corrected chi connectivity index (χ4v) is 4.16. The van der Waals surface area contributed by atoms with Gasteiger partial charge in [-0.25, -0.2) is 0 Å². The first kappa shape index (κ1) is 18.0. The van der Waals surface area contributed by atoms with Gasteiger partial charge in [-0.05, 0) is 25.0 Å². The smallest absolute Gasteiger partial charge is 0.405 e. The number of ether oxygens (including phenoxy) is 2. The van der Waals surface area contributed by atoms with E-state index in [1.54, 1.807) is 17.0 Å². The second-order valence-corrected chi connectivity index (χ2v) is 7.96. The lowest BCUT2D eigenvalue weighted by Crippen LogP contribution is -2.95. The minimum absolute atomic E-state index is 0.188. The van der Waals surface area contributed by atoms with Gasteiger partial charge < -0.3 is 18.9 Å². The summed E-state index contributed by atoms with van der Waals surface area (Å²) in [5, 5.41) is 4.12. The quantitative estimate of drug-likeness (QED) is 0.764. The van der Waals surface area contributed by atoms with Gasteiger partial charge in [0.25, 0.3) is 0 Å². The van der Waals surface area contributed by atoms with E-state index in [-0.39, 0.29) is 23.3 Å². The Morgan fingerprint density at radius 2 is 2.00 bits per heavy atom. The van der Waals surface area contributed by atoms with Crippen LogP contribution in [0.15, 0.2) is 28.8 Å². The lowest BCUT2D eigenvalue weighted by atomic mass is 10.0. The molecule has 150 valence electrons. The van der Waals surface area contributed by atoms with Crippen molar-refractivity contribution in [3.8, 4) is 17.0 Å². The van der Waals surface area contributed by atoms with Crippen molar-refractivity contribution in [3.05, 3.63) is 35.6 Å². The van der Waals surface area contributed by atoms with Crippen LogP contribution in [0, 0.1) is 0 Å². The first-order valence-electron chi connectivity index (χ1n) is 9.77. The topological polar surface area (TPSA) is 48.9 Å². The molecular formula is C20H22F3N2O3+. The Morgan fingerprint density at radius 1 is 1.18 bits per heavy atom. The van der Waals surface area contributed by atoms with E-state index in [2.05, 4.69) is 9.89 Å². The van der Waals surface area contributed by atoms with Crippen molar-refractivity contribution in [1.29, 1.82) is 0 Å². The second-order valence-electron chi connectivity index (χ2n) is 7.96. The second kappa shape index (κ2) is 6.77. The van der Waals surface area contributed by atoms with Crippen molar-refractivity contribution in [2.24, 2.45) is 0 Å². The van der Waals surface area contributed by atoms with E-state index in [0.29, 0.717) is 18.3 Å². The molecule has 5 rings (SSSR count). The zero-order valence-electron chi connectivity index (χ0n) is 15.3. The number of rotatable bonds is 6. The lowest BCUT2D eigenvalue weighted by Gasteiger charge is -2.20. The standard InChI is InChI=1S/C20H21F3N2O3/c21-20(22,23)27-17-4-2-1-3-15(17)18-16(19(28-24-18)12-5-6-12)11-26-14-7-8-25-10-13(25)9-14/h1-4,12-14H,5-11H2/p+1/t13-,14+,25?/m0/s1. The Bertz CT molecular complexity index is 863. The fraction of sp³-hybridized carbons (Fsp3) is 0.550. The summed E-state index contributed by atoms with van der Waals surface area (Å²) in [5.74, 6) is 0.748. The predicted octanol–water partition coefficient (Wildman–Crippen LogP) is 3.06. The van der Waals surface area contributed by atoms with Crippen molar-refractivity contribution < 1.29 is 32.1 Å². The van der Waals surface area contributed by atoms with Gasteiger partial charge >= 0.3 is 6.36 Å². The van der Waals surface area contributed by atoms with Gasteiger partial charge in [-0.15, -0.1) is 13.2 Å². The van der Waals surface area contributed by atoms with Crippen LogP contribution in [0.2, 0.25) is 0 Å². The zero-order chi connectivity index (χ0) is 19.3. The molecule has 1 saturated carbocycles. The number of hydrogen-bond acceptors (Lipinski definition) is 4. The maximum Gasteiger partial charge on any atom is 0.573 e. The van der Waals surface area contributed by atoms with Crippen LogP contribution >= 0.6 is 0 Å². The highest BCUT2D eigenvalue weighted by atomic mass is 19.4. The average molecular weight is 395 g/mol. The van der Waals surface area contributed by atoms with Crippen molar-refractivity contribution in [2.75, 3.05) is 13.1 Å². The molecule has 2 aliphatic heterocycles. The molecule has 1 aliphatic carbocycles. The average Bonchev–Trinajstić information content (AvgIpc) is 3.57. The molecule has 1 unspecified atom stereocenters. The predicted molar refractivity (Wildman–Crippen MR) is 92.9 cm³/mol. The van der Waals surface area contributed by atoms with Crippen molar-refractivity contribution in [1.82, 2.24) is 5.16 Å². The van der Waals surface area contributed by atoms with Crippen molar-refractivity contribution >= 4 is 0 Å². The number of piperidine rings is 1. The molecule has 2 saturated heterocycles. The summed E-state index contributed by atoms with van der Waals surface area (Å²) in [7, 11) is 0. The number of aromatic nitrogens is 1. The van der Waals surface area contributed by atoms with Gasteiger partial charge in [-0.2, -0.15) is 0 Å². The van der Waals surface area contributed by atoms with Gasteiger partial charge in [-0.1, -0.05) is 17.3 Å². The number of nitrogens with zero attached hydrogens (tertiary/aromatic N) is 1. The Morgan fingerprint density at radius 3 is 2.75 bits per heavy atom. The maximum absolute atomic E-state index is 12.8. The Balaban J connectivity index is 1.42. The first-order chi connectivity index (χ1) is 13.5. The van der Waals surface area contributed by atoms with Crippen LogP contribution in [0.3, 0.4) is 0 Å². The molecule has 0 amide bonds. The Kier molecular flexibility index (Phi) is 4.35. The molecule has 8 heteroatoms. The van der Waals surface area contributed by atoms with Crippen LogP contribution in [-0.4, -0.2) is 36.8 Å². The molecule has 1 aromatic heterocycles. The summed E-state index contributed by atoms with van der Waals surface area (Å²) in [6.07, 6.45) is -0.511. The molecule has 28 heavy (non-hydrogen) atoms. The van der Waals surface area contributed by atoms with E-state index >= 15 is 0 Å². The van der Waals surface area contributed by atoms with Crippen LogP contribution < -0.4 is 9.64 Å². The molecule has 0 bridgehead atoms. The number of para-hydroxylation sites is 1. The third-order valence-electron chi connectivity index (χ3n) is 5.86. The fourth-order valence-electron chi connectivity index (χ4n) is 4.16. The molecule has 0 spiro atoms. The first-order valence-corrected chi connectivity index (χ1v) is 9.77. The summed E-state index contributed by atoms with van der Waals surface area (Å²) in [5.41, 5.74) is 1.41. The Labute approximate surface area is 160 Å².